The van der Waals surface area contributed by atoms with E-state index in [0.29, 0.717) is 11.6 Å². The van der Waals surface area contributed by atoms with Crippen molar-refractivity contribution in [3.05, 3.63) is 48.2 Å². The molecule has 4 aromatic heterocycles. The fourth-order valence-electron chi connectivity index (χ4n) is 3.55. The minimum Gasteiger partial charge on any atom is -0.353 e. The van der Waals surface area contributed by atoms with E-state index in [1.54, 1.807) is 17.2 Å². The van der Waals surface area contributed by atoms with Gasteiger partial charge in [0, 0.05) is 49.8 Å². The van der Waals surface area contributed by atoms with Crippen LogP contribution in [0.4, 0.5) is 11.6 Å². The van der Waals surface area contributed by atoms with Crippen LogP contribution >= 0.6 is 0 Å². The van der Waals surface area contributed by atoms with Crippen molar-refractivity contribution < 1.29 is 0 Å². The average molecular weight is 376 g/mol. The van der Waals surface area contributed by atoms with Gasteiger partial charge in [-0.2, -0.15) is 19.7 Å². The molecular formula is C18H20N10. The third-order valence-electron chi connectivity index (χ3n) is 5.15. The first-order chi connectivity index (χ1) is 13.7. The number of rotatable bonds is 3. The summed E-state index contributed by atoms with van der Waals surface area (Å²) in [5.74, 6) is 3.30. The van der Waals surface area contributed by atoms with Crippen molar-refractivity contribution >= 4 is 17.4 Å². The normalized spacial score (nSPS) is 14.8. The smallest absolute Gasteiger partial charge is 0.254 e. The van der Waals surface area contributed by atoms with E-state index in [4.69, 9.17) is 0 Å². The van der Waals surface area contributed by atoms with Crippen LogP contribution in [0.1, 0.15) is 11.3 Å². The molecule has 10 heteroatoms. The number of anilines is 2. The predicted molar refractivity (Wildman–Crippen MR) is 104 cm³/mol. The quantitative estimate of drug-likeness (QED) is 0.524. The highest BCUT2D eigenvalue weighted by Gasteiger charge is 2.23. The SMILES string of the molecule is Cc1nc2ncnn2c(N2CCN(c3ccc(-n4cccn4)nn3)CC2)c1C. The predicted octanol–water partition coefficient (Wildman–Crippen LogP) is 1.04. The summed E-state index contributed by atoms with van der Waals surface area (Å²) in [4.78, 5) is 13.3. The van der Waals surface area contributed by atoms with E-state index in [1.807, 2.05) is 35.8 Å². The Kier molecular flexibility index (Phi) is 3.89. The Morgan fingerprint density at radius 1 is 0.893 bits per heavy atom. The topological polar surface area (TPSA) is 93.2 Å². The van der Waals surface area contributed by atoms with Gasteiger partial charge < -0.3 is 9.80 Å². The van der Waals surface area contributed by atoms with Gasteiger partial charge in [0.25, 0.3) is 5.78 Å². The van der Waals surface area contributed by atoms with Crippen LogP contribution in [-0.2, 0) is 0 Å². The van der Waals surface area contributed by atoms with Crippen LogP contribution in [0.3, 0.4) is 0 Å². The lowest BCUT2D eigenvalue weighted by molar-refractivity contribution is 0.627. The lowest BCUT2D eigenvalue weighted by atomic mass is 10.2. The van der Waals surface area contributed by atoms with Crippen LogP contribution in [0.15, 0.2) is 36.9 Å². The molecule has 142 valence electrons. The Morgan fingerprint density at radius 2 is 1.64 bits per heavy atom. The number of hydrogen-bond donors (Lipinski definition) is 0. The first-order valence-electron chi connectivity index (χ1n) is 9.21. The van der Waals surface area contributed by atoms with E-state index >= 15 is 0 Å². The number of aromatic nitrogens is 8. The van der Waals surface area contributed by atoms with E-state index < -0.39 is 0 Å². The van der Waals surface area contributed by atoms with Crippen LogP contribution in [0.2, 0.25) is 0 Å². The highest BCUT2D eigenvalue weighted by atomic mass is 15.4. The summed E-state index contributed by atoms with van der Waals surface area (Å²) in [6.45, 7) is 7.54. The number of fused-ring (bicyclic) bond motifs is 1. The van der Waals surface area contributed by atoms with Gasteiger partial charge in [-0.15, -0.1) is 10.2 Å². The molecule has 0 unspecified atom stereocenters. The van der Waals surface area contributed by atoms with E-state index in [1.165, 1.54) is 0 Å². The molecule has 0 bridgehead atoms. The first-order valence-corrected chi connectivity index (χ1v) is 9.21. The molecule has 0 radical (unpaired) electrons. The molecule has 0 N–H and O–H groups in total. The van der Waals surface area contributed by atoms with Gasteiger partial charge in [-0.05, 0) is 32.0 Å². The lowest BCUT2D eigenvalue weighted by Gasteiger charge is -2.37. The monoisotopic (exact) mass is 376 g/mol. The molecule has 10 nitrogen and oxygen atoms in total. The molecule has 0 aliphatic carbocycles. The molecule has 1 aliphatic rings. The molecule has 5 heterocycles. The van der Waals surface area contributed by atoms with Crippen molar-refractivity contribution in [3.8, 4) is 5.82 Å². The fraction of sp³-hybridized carbons (Fsp3) is 0.333. The maximum Gasteiger partial charge on any atom is 0.254 e. The van der Waals surface area contributed by atoms with Crippen molar-refractivity contribution in [1.82, 2.24) is 39.6 Å². The Labute approximate surface area is 161 Å². The van der Waals surface area contributed by atoms with Gasteiger partial charge in [-0.3, -0.25) is 0 Å². The Bertz CT molecular complexity index is 1090. The van der Waals surface area contributed by atoms with E-state index in [0.717, 1.165) is 49.1 Å². The summed E-state index contributed by atoms with van der Waals surface area (Å²) in [6.07, 6.45) is 5.13. The van der Waals surface area contributed by atoms with Gasteiger partial charge in [0.15, 0.2) is 11.6 Å². The highest BCUT2D eigenvalue weighted by Crippen LogP contribution is 2.24. The molecule has 1 aliphatic heterocycles. The second kappa shape index (κ2) is 6.55. The van der Waals surface area contributed by atoms with Gasteiger partial charge in [0.1, 0.15) is 12.1 Å². The van der Waals surface area contributed by atoms with Gasteiger partial charge in [0.2, 0.25) is 0 Å². The third kappa shape index (κ3) is 2.73. The summed E-state index contributed by atoms with van der Waals surface area (Å²) >= 11 is 0. The molecule has 0 aromatic carbocycles. The zero-order valence-electron chi connectivity index (χ0n) is 15.8. The maximum absolute atomic E-state index is 4.51. The molecule has 5 rings (SSSR count). The summed E-state index contributed by atoms with van der Waals surface area (Å²) in [6, 6.07) is 5.80. The van der Waals surface area contributed by atoms with E-state index in [2.05, 4.69) is 47.1 Å². The molecule has 1 fully saturated rings. The van der Waals surface area contributed by atoms with Gasteiger partial charge >= 0.3 is 0 Å². The number of nitrogens with zero attached hydrogens (tertiary/aromatic N) is 10. The Hall–Kier alpha value is -3.56. The lowest BCUT2D eigenvalue weighted by Crippen LogP contribution is -2.47. The zero-order valence-corrected chi connectivity index (χ0v) is 15.8. The second-order valence-corrected chi connectivity index (χ2v) is 6.79. The molecule has 0 amide bonds. The third-order valence-corrected chi connectivity index (χ3v) is 5.15. The Balaban J connectivity index is 1.34. The minimum absolute atomic E-state index is 0.639. The summed E-state index contributed by atoms with van der Waals surface area (Å²) < 4.78 is 3.53. The highest BCUT2D eigenvalue weighted by molar-refractivity contribution is 5.55. The van der Waals surface area contributed by atoms with E-state index in [-0.39, 0.29) is 0 Å². The van der Waals surface area contributed by atoms with E-state index in [9.17, 15) is 0 Å². The second-order valence-electron chi connectivity index (χ2n) is 6.79. The molecule has 4 aromatic rings. The number of hydrogen-bond acceptors (Lipinski definition) is 8. The summed E-state index contributed by atoms with van der Waals surface area (Å²) in [5, 5.41) is 17.2. The molecule has 0 atom stereocenters. The maximum atomic E-state index is 4.51. The van der Waals surface area contributed by atoms with Crippen molar-refractivity contribution in [1.29, 1.82) is 0 Å². The van der Waals surface area contributed by atoms with Gasteiger partial charge in [0.05, 0.1) is 0 Å². The molecule has 0 spiro atoms. The Morgan fingerprint density at radius 3 is 2.36 bits per heavy atom. The van der Waals surface area contributed by atoms with Gasteiger partial charge in [-0.25, -0.2) is 9.67 Å². The van der Waals surface area contributed by atoms with Crippen molar-refractivity contribution in [3.63, 3.8) is 0 Å². The standard InChI is InChI=1S/C18H20N10/c1-13-14(2)22-18-19-12-21-28(18)17(13)26-10-8-25(9-11-26)15-4-5-16(24-23-15)27-7-3-6-20-27/h3-7,12H,8-11H2,1-2H3. The summed E-state index contributed by atoms with van der Waals surface area (Å²) in [5.41, 5.74) is 2.12. The van der Waals surface area contributed by atoms with Crippen molar-refractivity contribution in [2.45, 2.75) is 13.8 Å². The minimum atomic E-state index is 0.639. The number of piperazine rings is 1. The van der Waals surface area contributed by atoms with Crippen LogP contribution < -0.4 is 9.80 Å². The fourth-order valence-corrected chi connectivity index (χ4v) is 3.55. The summed E-state index contributed by atoms with van der Waals surface area (Å²) in [7, 11) is 0. The molecule has 1 saturated heterocycles. The van der Waals surface area contributed by atoms with Crippen LogP contribution in [0.5, 0.6) is 0 Å². The average Bonchev–Trinajstić information content (AvgIpc) is 3.41. The van der Waals surface area contributed by atoms with Crippen LogP contribution in [-0.4, -0.2) is 65.7 Å². The van der Waals surface area contributed by atoms with Crippen LogP contribution in [0, 0.1) is 13.8 Å². The molecular weight excluding hydrogens is 356 g/mol. The molecule has 0 saturated carbocycles. The first kappa shape index (κ1) is 16.6. The van der Waals surface area contributed by atoms with Crippen LogP contribution in [0.25, 0.3) is 11.6 Å². The van der Waals surface area contributed by atoms with Crippen molar-refractivity contribution in [2.75, 3.05) is 36.0 Å². The van der Waals surface area contributed by atoms with Gasteiger partial charge in [-0.1, -0.05) is 0 Å². The number of aryl methyl sites for hydroxylation is 1. The largest absolute Gasteiger partial charge is 0.353 e. The molecule has 28 heavy (non-hydrogen) atoms. The van der Waals surface area contributed by atoms with Crippen molar-refractivity contribution in [2.24, 2.45) is 0 Å². The zero-order chi connectivity index (χ0) is 19.1.